The number of nitrogens with one attached hydrogen (secondary N) is 1. The number of carbonyl (C=O) groups is 2. The molecule has 4 rings (SSSR count). The first kappa shape index (κ1) is 21.7. The van der Waals surface area contributed by atoms with E-state index in [1.54, 1.807) is 18.0 Å². The van der Waals surface area contributed by atoms with Gasteiger partial charge in [-0.05, 0) is 43.9 Å². The highest BCUT2D eigenvalue weighted by molar-refractivity contribution is 5.95. The highest BCUT2D eigenvalue weighted by Crippen LogP contribution is 2.28. The van der Waals surface area contributed by atoms with E-state index in [2.05, 4.69) is 59.5 Å². The largest absolute Gasteiger partial charge is 0.354 e. The van der Waals surface area contributed by atoms with Gasteiger partial charge < -0.3 is 10.2 Å². The van der Waals surface area contributed by atoms with Crippen molar-refractivity contribution in [1.82, 2.24) is 20.2 Å². The average molecular weight is 429 g/mol. The Hall–Kier alpha value is -3.54. The Morgan fingerprint density at radius 1 is 1.12 bits per heavy atom. The molecule has 0 saturated carbocycles. The number of aryl methyl sites for hydroxylation is 3. The van der Waals surface area contributed by atoms with Crippen molar-refractivity contribution in [3.63, 3.8) is 0 Å². The van der Waals surface area contributed by atoms with E-state index in [1.807, 2.05) is 12.1 Å². The summed E-state index contributed by atoms with van der Waals surface area (Å²) in [6.07, 6.45) is 3.55. The summed E-state index contributed by atoms with van der Waals surface area (Å²) < 4.78 is 0. The maximum absolute atomic E-state index is 13.1. The van der Waals surface area contributed by atoms with Gasteiger partial charge in [0.25, 0.3) is 5.91 Å². The number of amides is 2. The number of hydrogen-bond acceptors (Lipinski definition) is 4. The molecule has 6 heteroatoms. The molecule has 0 bridgehead atoms. The highest BCUT2D eigenvalue weighted by Gasteiger charge is 2.29. The first-order valence-electron chi connectivity index (χ1n) is 10.9. The van der Waals surface area contributed by atoms with Crippen LogP contribution in [0.4, 0.5) is 0 Å². The van der Waals surface area contributed by atoms with Gasteiger partial charge in [0.05, 0.1) is 17.2 Å². The van der Waals surface area contributed by atoms with Crippen molar-refractivity contribution in [2.75, 3.05) is 19.6 Å². The molecule has 1 atom stereocenters. The lowest BCUT2D eigenvalue weighted by Crippen LogP contribution is -2.37. The third kappa shape index (κ3) is 4.69. The smallest absolute Gasteiger partial charge is 0.257 e. The van der Waals surface area contributed by atoms with E-state index < -0.39 is 0 Å². The van der Waals surface area contributed by atoms with Gasteiger partial charge in [-0.1, -0.05) is 53.6 Å². The molecule has 1 N–H and O–H groups in total. The molecule has 1 aromatic heterocycles. The number of rotatable bonds is 4. The lowest BCUT2D eigenvalue weighted by Gasteiger charge is -2.24. The van der Waals surface area contributed by atoms with E-state index in [0.29, 0.717) is 37.3 Å². The molecular formula is C26H28N4O2. The van der Waals surface area contributed by atoms with Gasteiger partial charge >= 0.3 is 0 Å². The number of benzene rings is 2. The fourth-order valence-corrected chi connectivity index (χ4v) is 4.39. The van der Waals surface area contributed by atoms with Crippen molar-refractivity contribution in [1.29, 1.82) is 0 Å². The molecule has 2 aromatic carbocycles. The third-order valence-electron chi connectivity index (χ3n) is 5.94. The standard InChI is InChI=1S/C26H28N4O2/c1-17-10-18(2)12-21(11-17)23-7-5-4-6-20(23)13-22-15-30(9-8-28-25(22)31)26(32)24-14-27-16-29-19(24)3/h4-7,10-12,14,16,22H,8-9,13,15H2,1-3H3,(H,28,31). The Morgan fingerprint density at radius 2 is 1.88 bits per heavy atom. The Morgan fingerprint density at radius 3 is 2.62 bits per heavy atom. The number of carbonyl (C=O) groups excluding carboxylic acids is 2. The van der Waals surface area contributed by atoms with Crippen LogP contribution < -0.4 is 5.32 Å². The predicted octanol–water partition coefficient (Wildman–Crippen LogP) is 3.50. The van der Waals surface area contributed by atoms with Crippen LogP contribution in [-0.2, 0) is 11.2 Å². The zero-order valence-corrected chi connectivity index (χ0v) is 18.8. The van der Waals surface area contributed by atoms with E-state index in [9.17, 15) is 9.59 Å². The van der Waals surface area contributed by atoms with Crippen LogP contribution in [0.1, 0.15) is 32.7 Å². The molecule has 2 heterocycles. The van der Waals surface area contributed by atoms with E-state index in [0.717, 1.165) is 16.7 Å². The van der Waals surface area contributed by atoms with Crippen molar-refractivity contribution >= 4 is 11.8 Å². The molecule has 6 nitrogen and oxygen atoms in total. The molecule has 164 valence electrons. The fourth-order valence-electron chi connectivity index (χ4n) is 4.39. The molecular weight excluding hydrogens is 400 g/mol. The molecule has 2 amide bonds. The van der Waals surface area contributed by atoms with Gasteiger partial charge in [-0.25, -0.2) is 9.97 Å². The summed E-state index contributed by atoms with van der Waals surface area (Å²) in [5.41, 5.74) is 6.92. The molecule has 1 aliphatic heterocycles. The summed E-state index contributed by atoms with van der Waals surface area (Å²) in [6, 6.07) is 14.7. The summed E-state index contributed by atoms with van der Waals surface area (Å²) in [6.45, 7) is 7.25. The van der Waals surface area contributed by atoms with Crippen LogP contribution in [0, 0.1) is 26.7 Å². The molecule has 0 radical (unpaired) electrons. The van der Waals surface area contributed by atoms with Crippen molar-refractivity contribution in [3.05, 3.63) is 82.9 Å². The van der Waals surface area contributed by atoms with E-state index in [1.165, 1.54) is 17.5 Å². The highest BCUT2D eigenvalue weighted by atomic mass is 16.2. The Kier molecular flexibility index (Phi) is 6.30. The van der Waals surface area contributed by atoms with Crippen LogP contribution in [0.15, 0.2) is 55.0 Å². The fraction of sp³-hybridized carbons (Fsp3) is 0.308. The number of aromatic nitrogens is 2. The van der Waals surface area contributed by atoms with Gasteiger partial charge in [-0.3, -0.25) is 9.59 Å². The van der Waals surface area contributed by atoms with Gasteiger partial charge in [-0.15, -0.1) is 0 Å². The first-order valence-corrected chi connectivity index (χ1v) is 10.9. The minimum absolute atomic E-state index is 0.0171. The van der Waals surface area contributed by atoms with Crippen molar-refractivity contribution < 1.29 is 9.59 Å². The molecule has 32 heavy (non-hydrogen) atoms. The lowest BCUT2D eigenvalue weighted by molar-refractivity contribution is -0.124. The summed E-state index contributed by atoms with van der Waals surface area (Å²) in [5.74, 6) is -0.484. The topological polar surface area (TPSA) is 75.2 Å². The Balaban J connectivity index is 1.61. The Bertz CT molecular complexity index is 1140. The molecule has 0 aliphatic carbocycles. The van der Waals surface area contributed by atoms with E-state index >= 15 is 0 Å². The van der Waals surface area contributed by atoms with Crippen LogP contribution >= 0.6 is 0 Å². The lowest BCUT2D eigenvalue weighted by atomic mass is 9.90. The minimum atomic E-state index is -0.335. The molecule has 1 saturated heterocycles. The normalized spacial score (nSPS) is 16.4. The third-order valence-corrected chi connectivity index (χ3v) is 5.94. The van der Waals surface area contributed by atoms with Gasteiger partial charge in [0.1, 0.15) is 6.33 Å². The zero-order chi connectivity index (χ0) is 22.7. The summed E-state index contributed by atoms with van der Waals surface area (Å²) in [7, 11) is 0. The maximum atomic E-state index is 13.1. The summed E-state index contributed by atoms with van der Waals surface area (Å²) >= 11 is 0. The average Bonchev–Trinajstić information content (AvgIpc) is 2.95. The van der Waals surface area contributed by atoms with Crippen LogP contribution in [-0.4, -0.2) is 46.3 Å². The van der Waals surface area contributed by atoms with Crippen LogP contribution in [0.3, 0.4) is 0 Å². The first-order chi connectivity index (χ1) is 15.4. The van der Waals surface area contributed by atoms with Crippen molar-refractivity contribution in [2.45, 2.75) is 27.2 Å². The number of nitrogens with zero attached hydrogens (tertiary/aromatic N) is 3. The van der Waals surface area contributed by atoms with Gasteiger partial charge in [-0.2, -0.15) is 0 Å². The van der Waals surface area contributed by atoms with E-state index in [4.69, 9.17) is 0 Å². The van der Waals surface area contributed by atoms with Crippen LogP contribution in [0.25, 0.3) is 11.1 Å². The molecule has 1 unspecified atom stereocenters. The minimum Gasteiger partial charge on any atom is -0.354 e. The van der Waals surface area contributed by atoms with Gasteiger partial charge in [0, 0.05) is 25.8 Å². The van der Waals surface area contributed by atoms with Gasteiger partial charge in [0.2, 0.25) is 5.91 Å². The quantitative estimate of drug-likeness (QED) is 0.690. The zero-order valence-electron chi connectivity index (χ0n) is 18.8. The second-order valence-electron chi connectivity index (χ2n) is 8.50. The monoisotopic (exact) mass is 428 g/mol. The van der Waals surface area contributed by atoms with Gasteiger partial charge in [0.15, 0.2) is 0 Å². The van der Waals surface area contributed by atoms with Crippen LogP contribution in [0.2, 0.25) is 0 Å². The second-order valence-corrected chi connectivity index (χ2v) is 8.50. The summed E-state index contributed by atoms with van der Waals surface area (Å²) in [5, 5.41) is 2.98. The predicted molar refractivity (Wildman–Crippen MR) is 124 cm³/mol. The molecule has 0 spiro atoms. The molecule has 1 fully saturated rings. The van der Waals surface area contributed by atoms with Crippen LogP contribution in [0.5, 0.6) is 0 Å². The van der Waals surface area contributed by atoms with Crippen molar-refractivity contribution in [2.24, 2.45) is 5.92 Å². The molecule has 3 aromatic rings. The Labute approximate surface area is 188 Å². The SMILES string of the molecule is Cc1cc(C)cc(-c2ccccc2CC2CN(C(=O)c3cncnc3C)CCNC2=O)c1. The maximum Gasteiger partial charge on any atom is 0.257 e. The molecule has 1 aliphatic rings. The van der Waals surface area contributed by atoms with E-state index in [-0.39, 0.29) is 17.7 Å². The van der Waals surface area contributed by atoms with Crippen molar-refractivity contribution in [3.8, 4) is 11.1 Å². The second kappa shape index (κ2) is 9.30. The summed E-state index contributed by atoms with van der Waals surface area (Å²) in [4.78, 5) is 35.9. The number of hydrogen-bond donors (Lipinski definition) is 1.